The van der Waals surface area contributed by atoms with Crippen molar-refractivity contribution in [3.8, 4) is 0 Å². The average molecular weight is 302 g/mol. The molecule has 1 fully saturated rings. The number of hydrogen-bond acceptors (Lipinski definition) is 4. The van der Waals surface area contributed by atoms with Crippen molar-refractivity contribution in [3.63, 3.8) is 0 Å². The summed E-state index contributed by atoms with van der Waals surface area (Å²) in [4.78, 5) is 0.181. The molecule has 7 heteroatoms. The van der Waals surface area contributed by atoms with Crippen LogP contribution in [0.1, 0.15) is 26.0 Å². The normalized spacial score (nSPS) is 25.4. The molecule has 0 bridgehead atoms. The Morgan fingerprint density at radius 3 is 2.65 bits per heavy atom. The largest absolute Gasteiger partial charge is 0.390 e. The number of rotatable bonds is 5. The summed E-state index contributed by atoms with van der Waals surface area (Å²) in [6.45, 7) is 3.79. The summed E-state index contributed by atoms with van der Waals surface area (Å²) >= 11 is 0. The van der Waals surface area contributed by atoms with Gasteiger partial charge in [0.1, 0.15) is 0 Å². The van der Waals surface area contributed by atoms with Crippen molar-refractivity contribution >= 4 is 10.0 Å². The Hall–Kier alpha value is -0.890. The van der Waals surface area contributed by atoms with Crippen LogP contribution in [-0.2, 0) is 28.4 Å². The van der Waals surface area contributed by atoms with E-state index in [1.54, 1.807) is 18.7 Å². The lowest BCUT2D eigenvalue weighted by molar-refractivity contribution is -0.0908. The van der Waals surface area contributed by atoms with Crippen LogP contribution < -0.4 is 4.72 Å². The second kappa shape index (κ2) is 5.14. The van der Waals surface area contributed by atoms with Crippen LogP contribution in [0.2, 0.25) is 0 Å². The van der Waals surface area contributed by atoms with E-state index in [9.17, 15) is 8.42 Å². The second-order valence-corrected chi connectivity index (χ2v) is 7.61. The predicted octanol–water partition coefficient (Wildman–Crippen LogP) is 0.609. The molecule has 0 saturated heterocycles. The molecule has 1 aliphatic carbocycles. The molecule has 0 aromatic carbocycles. The van der Waals surface area contributed by atoms with Crippen LogP contribution in [0.5, 0.6) is 0 Å². The van der Waals surface area contributed by atoms with Crippen molar-refractivity contribution < 1.29 is 18.3 Å². The van der Waals surface area contributed by atoms with Gasteiger partial charge in [-0.2, -0.15) is 0 Å². The lowest BCUT2D eigenvalue weighted by atomic mass is 9.65. The van der Waals surface area contributed by atoms with E-state index in [0.717, 1.165) is 0 Å². The zero-order valence-corrected chi connectivity index (χ0v) is 13.1. The molecule has 1 aliphatic rings. The highest BCUT2D eigenvalue weighted by Crippen LogP contribution is 2.43. The van der Waals surface area contributed by atoms with Crippen molar-refractivity contribution in [2.45, 2.75) is 43.9 Å². The van der Waals surface area contributed by atoms with Gasteiger partial charge in [-0.05, 0) is 12.5 Å². The zero-order valence-electron chi connectivity index (χ0n) is 12.3. The number of methoxy groups -OCH3 is 1. The summed E-state index contributed by atoms with van der Waals surface area (Å²) in [7, 11) is -0.224. The summed E-state index contributed by atoms with van der Waals surface area (Å²) in [6, 6.07) is 1.34. The Balaban J connectivity index is 2.16. The Labute approximate surface area is 119 Å². The Morgan fingerprint density at radius 2 is 2.20 bits per heavy atom. The van der Waals surface area contributed by atoms with E-state index in [0.29, 0.717) is 12.1 Å². The van der Waals surface area contributed by atoms with Crippen molar-refractivity contribution in [2.24, 2.45) is 12.5 Å². The number of aliphatic hydroxyl groups is 1. The summed E-state index contributed by atoms with van der Waals surface area (Å²) in [6.07, 6.45) is 2.24. The van der Waals surface area contributed by atoms with Gasteiger partial charge >= 0.3 is 0 Å². The van der Waals surface area contributed by atoms with E-state index in [1.807, 2.05) is 13.8 Å². The molecule has 6 nitrogen and oxygen atoms in total. The maximum Gasteiger partial charge on any atom is 0.242 e. The highest BCUT2D eigenvalue weighted by Gasteiger charge is 2.50. The molecule has 114 valence electrons. The van der Waals surface area contributed by atoms with Gasteiger partial charge in [0.25, 0.3) is 0 Å². The molecule has 1 saturated carbocycles. The number of aliphatic hydroxyl groups excluding tert-OH is 1. The number of hydrogen-bond donors (Lipinski definition) is 2. The van der Waals surface area contributed by atoms with Gasteiger partial charge in [-0.1, -0.05) is 13.8 Å². The first-order valence-electron chi connectivity index (χ1n) is 6.53. The summed E-state index contributed by atoms with van der Waals surface area (Å²) in [5.74, 6) is 0. The average Bonchev–Trinajstić information content (AvgIpc) is 2.76. The van der Waals surface area contributed by atoms with Gasteiger partial charge in [0.2, 0.25) is 10.0 Å². The van der Waals surface area contributed by atoms with E-state index < -0.39 is 10.0 Å². The van der Waals surface area contributed by atoms with E-state index >= 15 is 0 Å². The minimum absolute atomic E-state index is 0.0685. The van der Waals surface area contributed by atoms with Gasteiger partial charge in [0.05, 0.1) is 17.6 Å². The van der Waals surface area contributed by atoms with Crippen molar-refractivity contribution in [3.05, 3.63) is 18.0 Å². The molecule has 2 rings (SSSR count). The number of nitrogens with one attached hydrogen (secondary N) is 1. The van der Waals surface area contributed by atoms with Crippen LogP contribution in [0, 0.1) is 5.41 Å². The molecule has 20 heavy (non-hydrogen) atoms. The van der Waals surface area contributed by atoms with Crippen LogP contribution in [0.4, 0.5) is 0 Å². The first kappa shape index (κ1) is 15.5. The van der Waals surface area contributed by atoms with Crippen molar-refractivity contribution in [1.82, 2.24) is 9.29 Å². The SMILES string of the molecule is COC1CC(NS(=O)(=O)c2cc(CO)n(C)c2)C1(C)C. The van der Waals surface area contributed by atoms with E-state index in [1.165, 1.54) is 12.3 Å². The predicted molar refractivity (Wildman–Crippen MR) is 74.6 cm³/mol. The summed E-state index contributed by atoms with van der Waals surface area (Å²) < 4.78 is 34.4. The Morgan fingerprint density at radius 1 is 1.55 bits per heavy atom. The molecule has 2 atom stereocenters. The molecule has 2 N–H and O–H groups in total. The number of aromatic nitrogens is 1. The van der Waals surface area contributed by atoms with E-state index in [-0.39, 0.29) is 29.1 Å². The van der Waals surface area contributed by atoms with Crippen LogP contribution in [0.15, 0.2) is 17.2 Å². The molecule has 0 spiro atoms. The first-order chi connectivity index (χ1) is 9.22. The molecule has 0 amide bonds. The standard InChI is InChI=1S/C13H22N2O4S/c1-13(2)11(6-12(13)19-4)14-20(17,18)10-5-9(8-16)15(3)7-10/h5,7,11-12,14,16H,6,8H2,1-4H3. The van der Waals surface area contributed by atoms with Gasteiger partial charge in [0.15, 0.2) is 0 Å². The van der Waals surface area contributed by atoms with Gasteiger partial charge in [-0.15, -0.1) is 0 Å². The molecular weight excluding hydrogens is 280 g/mol. The number of ether oxygens (including phenoxy) is 1. The highest BCUT2D eigenvalue weighted by molar-refractivity contribution is 7.89. The molecule has 1 aromatic rings. The fourth-order valence-corrected chi connectivity index (χ4v) is 4.12. The lowest BCUT2D eigenvalue weighted by Gasteiger charge is -2.50. The Kier molecular flexibility index (Phi) is 3.98. The fourth-order valence-electron chi connectivity index (χ4n) is 2.62. The lowest BCUT2D eigenvalue weighted by Crippen LogP contribution is -2.61. The second-order valence-electron chi connectivity index (χ2n) is 5.89. The van der Waals surface area contributed by atoms with Gasteiger partial charge in [-0.3, -0.25) is 0 Å². The first-order valence-corrected chi connectivity index (χ1v) is 8.02. The van der Waals surface area contributed by atoms with E-state index in [4.69, 9.17) is 9.84 Å². The minimum Gasteiger partial charge on any atom is -0.390 e. The maximum absolute atomic E-state index is 12.4. The third-order valence-electron chi connectivity index (χ3n) is 4.31. The van der Waals surface area contributed by atoms with Crippen LogP contribution in [0.25, 0.3) is 0 Å². The topological polar surface area (TPSA) is 80.6 Å². The van der Waals surface area contributed by atoms with Gasteiger partial charge < -0.3 is 14.4 Å². The van der Waals surface area contributed by atoms with Gasteiger partial charge in [-0.25, -0.2) is 13.1 Å². The third kappa shape index (κ3) is 2.50. The number of sulfonamides is 1. The smallest absolute Gasteiger partial charge is 0.242 e. The number of nitrogens with zero attached hydrogens (tertiary/aromatic N) is 1. The fraction of sp³-hybridized carbons (Fsp3) is 0.692. The molecule has 2 unspecified atom stereocenters. The minimum atomic E-state index is -3.57. The number of aryl methyl sites for hydroxylation is 1. The van der Waals surface area contributed by atoms with Crippen LogP contribution >= 0.6 is 0 Å². The monoisotopic (exact) mass is 302 g/mol. The maximum atomic E-state index is 12.4. The van der Waals surface area contributed by atoms with Crippen molar-refractivity contribution in [1.29, 1.82) is 0 Å². The Bertz CT molecular complexity index is 592. The van der Waals surface area contributed by atoms with Gasteiger partial charge in [0, 0.05) is 37.5 Å². The zero-order chi connectivity index (χ0) is 15.1. The van der Waals surface area contributed by atoms with Crippen LogP contribution in [0.3, 0.4) is 0 Å². The molecule has 0 radical (unpaired) electrons. The van der Waals surface area contributed by atoms with E-state index in [2.05, 4.69) is 4.72 Å². The molecular formula is C13H22N2O4S. The molecule has 1 aromatic heterocycles. The molecule has 1 heterocycles. The third-order valence-corrected chi connectivity index (χ3v) is 5.75. The quantitative estimate of drug-likeness (QED) is 0.835. The highest BCUT2D eigenvalue weighted by atomic mass is 32.2. The summed E-state index contributed by atoms with van der Waals surface area (Å²) in [5.41, 5.74) is 0.337. The van der Waals surface area contributed by atoms with Crippen LogP contribution in [-0.4, -0.2) is 37.3 Å². The van der Waals surface area contributed by atoms with Crippen molar-refractivity contribution in [2.75, 3.05) is 7.11 Å². The molecule has 0 aliphatic heterocycles. The summed E-state index contributed by atoms with van der Waals surface area (Å²) in [5, 5.41) is 9.13.